The molecule has 0 saturated carbocycles. The molecular weight excluding hydrogens is 177 g/mol. The van der Waals surface area contributed by atoms with Crippen LogP contribution in [-0.4, -0.2) is 17.4 Å². The fourth-order valence-corrected chi connectivity index (χ4v) is 1.16. The maximum Gasteiger partial charge on any atom is 0.00869 e. The summed E-state index contributed by atoms with van der Waals surface area (Å²) in [4.78, 5) is 0. The first-order valence-corrected chi connectivity index (χ1v) is 3.23. The molecule has 9 heavy (non-hydrogen) atoms. The van der Waals surface area contributed by atoms with Gasteiger partial charge in [0.2, 0.25) is 0 Å². The third-order valence-corrected chi connectivity index (χ3v) is 1.73. The lowest BCUT2D eigenvalue weighted by atomic mass is 10.2. The fraction of sp³-hybridized carbons (Fsp3) is 1.00. The van der Waals surface area contributed by atoms with Gasteiger partial charge in [-0.3, -0.25) is 4.31 Å². The van der Waals surface area contributed by atoms with E-state index in [2.05, 4.69) is 17.1 Å². The number of piperidine rings is 1. The van der Waals surface area contributed by atoms with Crippen LogP contribution in [0.4, 0.5) is 0 Å². The predicted molar refractivity (Wildman–Crippen MR) is 48.9 cm³/mol. The minimum atomic E-state index is 0. The zero-order valence-corrected chi connectivity index (χ0v) is 7.77. The minimum absolute atomic E-state index is 0. The number of halogens is 2. The monoisotopic (exact) mass is 189 g/mol. The Morgan fingerprint density at radius 1 is 0.889 bits per heavy atom. The van der Waals surface area contributed by atoms with Crippen molar-refractivity contribution in [3.05, 3.63) is 0 Å². The van der Waals surface area contributed by atoms with E-state index in [-0.39, 0.29) is 24.8 Å². The Morgan fingerprint density at radius 2 is 1.33 bits per heavy atom. The lowest BCUT2D eigenvalue weighted by Crippen LogP contribution is -2.19. The Morgan fingerprint density at radius 3 is 1.56 bits per heavy atom. The Labute approximate surface area is 74.5 Å². The van der Waals surface area contributed by atoms with Crippen LogP contribution in [0, 0.1) is 0 Å². The summed E-state index contributed by atoms with van der Waals surface area (Å²) in [6, 6.07) is 0. The molecule has 1 rings (SSSR count). The largest absolute Gasteiger partial charge is 0.253 e. The first-order valence-electron chi connectivity index (χ1n) is 2.83. The van der Waals surface area contributed by atoms with E-state index in [0.717, 1.165) is 0 Å². The molecule has 0 aliphatic carbocycles. The molecule has 0 N–H and O–H groups in total. The van der Waals surface area contributed by atoms with Crippen molar-refractivity contribution in [3.8, 4) is 0 Å². The SMILES string of the molecule is Cl.Cl.SN1CCCCC1. The van der Waals surface area contributed by atoms with E-state index < -0.39 is 0 Å². The molecule has 0 amide bonds. The molecule has 0 radical (unpaired) electrons. The van der Waals surface area contributed by atoms with E-state index >= 15 is 0 Å². The van der Waals surface area contributed by atoms with Gasteiger partial charge in [0.1, 0.15) is 0 Å². The van der Waals surface area contributed by atoms with Gasteiger partial charge in [-0.15, -0.1) is 24.8 Å². The van der Waals surface area contributed by atoms with Gasteiger partial charge in [0, 0.05) is 13.1 Å². The molecular formula is C5H13Cl2NS. The van der Waals surface area contributed by atoms with E-state index in [1.807, 2.05) is 0 Å². The summed E-state index contributed by atoms with van der Waals surface area (Å²) in [6.45, 7) is 2.37. The van der Waals surface area contributed by atoms with Crippen molar-refractivity contribution >= 4 is 37.6 Å². The van der Waals surface area contributed by atoms with Crippen LogP contribution in [0.1, 0.15) is 19.3 Å². The Kier molecular flexibility index (Phi) is 9.77. The summed E-state index contributed by atoms with van der Waals surface area (Å²) in [6.07, 6.45) is 4.07. The van der Waals surface area contributed by atoms with Gasteiger partial charge in [-0.25, -0.2) is 0 Å². The van der Waals surface area contributed by atoms with Gasteiger partial charge >= 0.3 is 0 Å². The van der Waals surface area contributed by atoms with Crippen LogP contribution in [0.2, 0.25) is 0 Å². The van der Waals surface area contributed by atoms with Crippen molar-refractivity contribution in [1.82, 2.24) is 4.31 Å². The molecule has 1 saturated heterocycles. The molecule has 0 unspecified atom stereocenters. The van der Waals surface area contributed by atoms with Gasteiger partial charge in [0.15, 0.2) is 0 Å². The number of hydrogen-bond donors (Lipinski definition) is 1. The highest BCUT2D eigenvalue weighted by atomic mass is 35.5. The summed E-state index contributed by atoms with van der Waals surface area (Å²) >= 11 is 4.19. The van der Waals surface area contributed by atoms with Crippen molar-refractivity contribution in [2.45, 2.75) is 19.3 Å². The van der Waals surface area contributed by atoms with E-state index in [9.17, 15) is 0 Å². The normalized spacial score (nSPS) is 19.7. The molecule has 1 nitrogen and oxygen atoms in total. The first-order chi connectivity index (χ1) is 3.39. The van der Waals surface area contributed by atoms with Crippen molar-refractivity contribution in [2.24, 2.45) is 0 Å². The van der Waals surface area contributed by atoms with Crippen molar-refractivity contribution in [3.63, 3.8) is 0 Å². The third-order valence-electron chi connectivity index (χ3n) is 1.33. The summed E-state index contributed by atoms with van der Waals surface area (Å²) in [5, 5.41) is 0. The van der Waals surface area contributed by atoms with E-state index in [0.29, 0.717) is 0 Å². The predicted octanol–water partition coefficient (Wildman–Crippen LogP) is 2.16. The highest BCUT2D eigenvalue weighted by Gasteiger charge is 2.03. The molecule has 0 aromatic carbocycles. The van der Waals surface area contributed by atoms with Gasteiger partial charge in [0.05, 0.1) is 0 Å². The molecule has 0 atom stereocenters. The molecule has 4 heteroatoms. The maximum absolute atomic E-state index is 4.19. The van der Waals surface area contributed by atoms with Crippen LogP contribution >= 0.6 is 37.6 Å². The number of hydrogen-bond acceptors (Lipinski definition) is 2. The molecule has 58 valence electrons. The van der Waals surface area contributed by atoms with Gasteiger partial charge in [-0.1, -0.05) is 19.2 Å². The number of thiol groups is 1. The van der Waals surface area contributed by atoms with Crippen LogP contribution in [0.15, 0.2) is 0 Å². The molecule has 1 fully saturated rings. The summed E-state index contributed by atoms with van der Waals surface area (Å²) in [7, 11) is 0. The zero-order valence-electron chi connectivity index (χ0n) is 5.25. The first kappa shape index (κ1) is 12.6. The van der Waals surface area contributed by atoms with E-state index in [4.69, 9.17) is 0 Å². The number of rotatable bonds is 0. The van der Waals surface area contributed by atoms with Gasteiger partial charge in [-0.2, -0.15) is 0 Å². The minimum Gasteiger partial charge on any atom is -0.253 e. The zero-order chi connectivity index (χ0) is 5.11. The van der Waals surface area contributed by atoms with Crippen LogP contribution in [0.5, 0.6) is 0 Å². The summed E-state index contributed by atoms with van der Waals surface area (Å²) in [5.41, 5.74) is 0. The average Bonchev–Trinajstić information content (AvgIpc) is 1.69. The maximum atomic E-state index is 4.19. The quantitative estimate of drug-likeness (QED) is 0.573. The average molecular weight is 190 g/mol. The topological polar surface area (TPSA) is 3.24 Å². The highest BCUT2D eigenvalue weighted by molar-refractivity contribution is 7.77. The van der Waals surface area contributed by atoms with Crippen molar-refractivity contribution in [2.75, 3.05) is 13.1 Å². The lowest BCUT2D eigenvalue weighted by Gasteiger charge is -2.19. The molecule has 1 aliphatic heterocycles. The smallest absolute Gasteiger partial charge is 0.00869 e. The standard InChI is InChI=1S/C5H11NS.2ClH/c7-6-4-2-1-3-5-6;;/h7H,1-5H2;2*1H. The van der Waals surface area contributed by atoms with Gasteiger partial charge in [-0.05, 0) is 12.8 Å². The Balaban J connectivity index is 0. The van der Waals surface area contributed by atoms with E-state index in [1.165, 1.54) is 32.4 Å². The van der Waals surface area contributed by atoms with Crippen LogP contribution < -0.4 is 0 Å². The van der Waals surface area contributed by atoms with Gasteiger partial charge in [0.25, 0.3) is 0 Å². The molecule has 0 aromatic heterocycles. The molecule has 0 spiro atoms. The van der Waals surface area contributed by atoms with E-state index in [1.54, 1.807) is 0 Å². The molecule has 0 aromatic rings. The van der Waals surface area contributed by atoms with Crippen LogP contribution in [0.3, 0.4) is 0 Å². The summed E-state index contributed by atoms with van der Waals surface area (Å²) in [5.74, 6) is 0. The second-order valence-electron chi connectivity index (χ2n) is 2.01. The van der Waals surface area contributed by atoms with Crippen molar-refractivity contribution < 1.29 is 0 Å². The van der Waals surface area contributed by atoms with Crippen LogP contribution in [0.25, 0.3) is 0 Å². The molecule has 0 bridgehead atoms. The third kappa shape index (κ3) is 5.34. The highest BCUT2D eigenvalue weighted by Crippen LogP contribution is 2.08. The second kappa shape index (κ2) is 7.00. The second-order valence-corrected chi connectivity index (χ2v) is 2.58. The fourth-order valence-electron chi connectivity index (χ4n) is 0.877. The number of nitrogens with zero attached hydrogens (tertiary/aromatic N) is 1. The lowest BCUT2D eigenvalue weighted by molar-refractivity contribution is 0.385. The summed E-state index contributed by atoms with van der Waals surface area (Å²) < 4.78 is 2.09. The van der Waals surface area contributed by atoms with Crippen molar-refractivity contribution in [1.29, 1.82) is 0 Å². The van der Waals surface area contributed by atoms with Gasteiger partial charge < -0.3 is 0 Å². The van der Waals surface area contributed by atoms with Crippen LogP contribution in [-0.2, 0) is 0 Å². The Hall–Kier alpha value is 0.890. The Bertz CT molecular complexity index is 56.9. The molecule has 1 heterocycles. The molecule has 1 aliphatic rings.